The molecule has 1 fully saturated rings. The molecule has 2 aromatic carbocycles. The van der Waals surface area contributed by atoms with Gasteiger partial charge in [0.1, 0.15) is 6.67 Å². The van der Waals surface area contributed by atoms with Gasteiger partial charge in [0.15, 0.2) is 0 Å². The van der Waals surface area contributed by atoms with E-state index < -0.39 is 10.8 Å². The fraction of sp³-hybridized carbons (Fsp3) is 0.263. The van der Waals surface area contributed by atoms with E-state index in [1.807, 2.05) is 0 Å². The summed E-state index contributed by atoms with van der Waals surface area (Å²) in [4.78, 5) is 38.9. The topological polar surface area (TPSA) is 83.8 Å². The van der Waals surface area contributed by atoms with Crippen molar-refractivity contribution in [1.82, 2.24) is 4.90 Å². The number of halogens is 1. The Morgan fingerprint density at radius 1 is 1.30 bits per heavy atom. The Hall–Kier alpha value is -2.93. The van der Waals surface area contributed by atoms with Gasteiger partial charge in [-0.2, -0.15) is 0 Å². The summed E-state index contributed by atoms with van der Waals surface area (Å²) in [7, 11) is 0. The second-order valence-corrected chi connectivity index (χ2v) is 6.81. The van der Waals surface area contributed by atoms with Crippen LogP contribution in [-0.4, -0.2) is 34.9 Å². The van der Waals surface area contributed by atoms with Crippen LogP contribution < -0.4 is 4.90 Å². The first-order valence-electron chi connectivity index (χ1n) is 8.47. The van der Waals surface area contributed by atoms with Crippen LogP contribution in [0.25, 0.3) is 0 Å². The van der Waals surface area contributed by atoms with Gasteiger partial charge in [0, 0.05) is 40.9 Å². The van der Waals surface area contributed by atoms with Crippen molar-refractivity contribution in [3.63, 3.8) is 0 Å². The highest BCUT2D eigenvalue weighted by Crippen LogP contribution is 2.25. The van der Waals surface area contributed by atoms with Crippen molar-refractivity contribution >= 4 is 34.8 Å². The highest BCUT2D eigenvalue weighted by Gasteiger charge is 2.27. The zero-order chi connectivity index (χ0) is 19.6. The highest BCUT2D eigenvalue weighted by atomic mass is 35.5. The summed E-state index contributed by atoms with van der Waals surface area (Å²) in [5.41, 5.74) is 1.05. The highest BCUT2D eigenvalue weighted by molar-refractivity contribution is 6.31. The number of carbonyl (C=O) groups excluding carboxylic acids is 2. The van der Waals surface area contributed by atoms with E-state index in [9.17, 15) is 19.7 Å². The third-order valence-corrected chi connectivity index (χ3v) is 4.74. The molecule has 2 aromatic rings. The maximum Gasteiger partial charge on any atom is 0.273 e. The number of likely N-dealkylation sites (tertiary alicyclic amines) is 1. The smallest absolute Gasteiger partial charge is 0.273 e. The molecule has 2 amide bonds. The molecule has 1 saturated heterocycles. The maximum absolute atomic E-state index is 13.2. The van der Waals surface area contributed by atoms with Crippen molar-refractivity contribution in [3.05, 3.63) is 68.7 Å². The molecule has 1 aliphatic rings. The van der Waals surface area contributed by atoms with E-state index in [-0.39, 0.29) is 23.8 Å². The molecular weight excluding hydrogens is 370 g/mol. The molecule has 0 N–H and O–H groups in total. The molecule has 1 aliphatic heterocycles. The molecule has 0 bridgehead atoms. The van der Waals surface area contributed by atoms with Crippen molar-refractivity contribution in [1.29, 1.82) is 0 Å². The van der Waals surface area contributed by atoms with Gasteiger partial charge >= 0.3 is 0 Å². The molecule has 140 valence electrons. The Balaban J connectivity index is 1.99. The molecule has 1 heterocycles. The van der Waals surface area contributed by atoms with Crippen LogP contribution in [0, 0.1) is 17.0 Å². The van der Waals surface area contributed by atoms with Crippen molar-refractivity contribution in [3.8, 4) is 0 Å². The van der Waals surface area contributed by atoms with Gasteiger partial charge < -0.3 is 4.90 Å². The van der Waals surface area contributed by atoms with Gasteiger partial charge in [-0.1, -0.05) is 23.7 Å². The summed E-state index contributed by atoms with van der Waals surface area (Å²) < 4.78 is 0. The summed E-state index contributed by atoms with van der Waals surface area (Å²) in [5.74, 6) is -0.454. The van der Waals surface area contributed by atoms with Crippen molar-refractivity contribution in [2.75, 3.05) is 18.1 Å². The normalized spacial score (nSPS) is 13.7. The van der Waals surface area contributed by atoms with Gasteiger partial charge in [0.2, 0.25) is 5.91 Å². The largest absolute Gasteiger partial charge is 0.324 e. The van der Waals surface area contributed by atoms with Crippen LogP contribution in [0.1, 0.15) is 28.8 Å². The predicted octanol–water partition coefficient (Wildman–Crippen LogP) is 3.78. The zero-order valence-electron chi connectivity index (χ0n) is 14.7. The molecule has 0 radical (unpaired) electrons. The average molecular weight is 388 g/mol. The van der Waals surface area contributed by atoms with E-state index in [0.29, 0.717) is 29.2 Å². The first-order valence-corrected chi connectivity index (χ1v) is 8.85. The number of rotatable bonds is 5. The lowest BCUT2D eigenvalue weighted by Gasteiger charge is -2.28. The van der Waals surface area contributed by atoms with Crippen LogP contribution >= 0.6 is 11.6 Å². The molecule has 7 nitrogen and oxygen atoms in total. The Morgan fingerprint density at radius 2 is 2.07 bits per heavy atom. The van der Waals surface area contributed by atoms with E-state index >= 15 is 0 Å². The number of aryl methyl sites for hydroxylation is 1. The minimum Gasteiger partial charge on any atom is -0.324 e. The van der Waals surface area contributed by atoms with E-state index in [1.54, 1.807) is 48.2 Å². The number of amides is 2. The molecule has 0 spiro atoms. The third-order valence-electron chi connectivity index (χ3n) is 4.50. The Labute approximate surface area is 161 Å². The van der Waals surface area contributed by atoms with Gasteiger partial charge in [0.25, 0.3) is 11.6 Å². The number of nitro groups is 1. The van der Waals surface area contributed by atoms with E-state index in [2.05, 4.69) is 0 Å². The summed E-state index contributed by atoms with van der Waals surface area (Å²) in [6.07, 6.45) is 1.19. The summed E-state index contributed by atoms with van der Waals surface area (Å²) in [6, 6.07) is 11.1. The summed E-state index contributed by atoms with van der Waals surface area (Å²) in [6.45, 7) is 2.25. The van der Waals surface area contributed by atoms with Crippen LogP contribution in [0.15, 0.2) is 42.5 Å². The zero-order valence-corrected chi connectivity index (χ0v) is 15.5. The molecular formula is C19H18ClN3O4. The first kappa shape index (κ1) is 18.8. The fourth-order valence-corrected chi connectivity index (χ4v) is 3.21. The third kappa shape index (κ3) is 4.09. The number of hydrogen-bond donors (Lipinski definition) is 0. The molecule has 27 heavy (non-hydrogen) atoms. The van der Waals surface area contributed by atoms with Crippen LogP contribution in [0.4, 0.5) is 11.4 Å². The number of hydrogen-bond acceptors (Lipinski definition) is 4. The van der Waals surface area contributed by atoms with E-state index in [4.69, 9.17) is 11.6 Å². The standard InChI is InChI=1S/C19H18ClN3O4/c1-13-7-8-14(10-17(13)23(26)27)19(25)22(12-21-9-3-6-18(21)24)16-5-2-4-15(20)11-16/h2,4-5,7-8,10-11H,3,6,9,12H2,1H3. The molecule has 0 aromatic heterocycles. The van der Waals surface area contributed by atoms with Gasteiger partial charge in [-0.3, -0.25) is 24.6 Å². The predicted molar refractivity (Wildman–Crippen MR) is 102 cm³/mol. The number of carbonyl (C=O) groups is 2. The Kier molecular flexibility index (Phi) is 5.41. The van der Waals surface area contributed by atoms with Crippen molar-refractivity contribution in [2.45, 2.75) is 19.8 Å². The molecule has 0 unspecified atom stereocenters. The second kappa shape index (κ2) is 7.75. The van der Waals surface area contributed by atoms with Gasteiger partial charge in [0.05, 0.1) is 4.92 Å². The van der Waals surface area contributed by atoms with Crippen LogP contribution in [0.2, 0.25) is 5.02 Å². The summed E-state index contributed by atoms with van der Waals surface area (Å²) >= 11 is 6.06. The number of nitro benzene ring substituents is 1. The second-order valence-electron chi connectivity index (χ2n) is 6.37. The molecule has 8 heteroatoms. The average Bonchev–Trinajstić information content (AvgIpc) is 3.04. The quantitative estimate of drug-likeness (QED) is 0.577. The SMILES string of the molecule is Cc1ccc(C(=O)N(CN2CCCC2=O)c2cccc(Cl)c2)cc1[N+](=O)[O-]. The maximum atomic E-state index is 13.2. The van der Waals surface area contributed by atoms with Crippen LogP contribution in [-0.2, 0) is 4.79 Å². The van der Waals surface area contributed by atoms with Crippen LogP contribution in [0.3, 0.4) is 0 Å². The first-order chi connectivity index (χ1) is 12.9. The number of benzene rings is 2. The van der Waals surface area contributed by atoms with Gasteiger partial charge in [-0.25, -0.2) is 0 Å². The molecule has 0 atom stereocenters. The van der Waals surface area contributed by atoms with E-state index in [0.717, 1.165) is 6.42 Å². The Bertz CT molecular complexity index is 916. The number of nitrogens with zero attached hydrogens (tertiary/aromatic N) is 3. The van der Waals surface area contributed by atoms with E-state index in [1.165, 1.54) is 11.0 Å². The molecule has 0 aliphatic carbocycles. The molecule has 0 saturated carbocycles. The lowest BCUT2D eigenvalue weighted by Crippen LogP contribution is -2.42. The van der Waals surface area contributed by atoms with Crippen molar-refractivity contribution < 1.29 is 14.5 Å². The summed E-state index contributed by atoms with van der Waals surface area (Å²) in [5, 5.41) is 11.7. The number of anilines is 1. The Morgan fingerprint density at radius 3 is 2.70 bits per heavy atom. The lowest BCUT2D eigenvalue weighted by atomic mass is 10.1. The van der Waals surface area contributed by atoms with Gasteiger partial charge in [-0.05, 0) is 37.6 Å². The minimum absolute atomic E-state index is 0.0234. The minimum atomic E-state index is -0.514. The van der Waals surface area contributed by atoms with Crippen LogP contribution in [0.5, 0.6) is 0 Å². The molecule has 3 rings (SSSR count). The lowest BCUT2D eigenvalue weighted by molar-refractivity contribution is -0.385. The fourth-order valence-electron chi connectivity index (χ4n) is 3.03. The van der Waals surface area contributed by atoms with Crippen molar-refractivity contribution in [2.24, 2.45) is 0 Å². The van der Waals surface area contributed by atoms with Gasteiger partial charge in [-0.15, -0.1) is 0 Å². The monoisotopic (exact) mass is 387 g/mol.